The first kappa shape index (κ1) is 19.3. The van der Waals surface area contributed by atoms with E-state index in [9.17, 15) is 4.79 Å². The number of carbonyl (C=O) groups is 1. The van der Waals surface area contributed by atoms with Crippen LogP contribution >= 0.6 is 0 Å². The molecule has 8 nitrogen and oxygen atoms in total. The van der Waals surface area contributed by atoms with E-state index in [-0.39, 0.29) is 18.5 Å². The molecule has 1 aliphatic rings. The van der Waals surface area contributed by atoms with Gasteiger partial charge in [-0.2, -0.15) is 4.98 Å². The molecule has 0 saturated carbocycles. The molecule has 1 amide bonds. The molecule has 1 atom stereocenters. The predicted octanol–water partition coefficient (Wildman–Crippen LogP) is 2.78. The zero-order valence-corrected chi connectivity index (χ0v) is 16.3. The van der Waals surface area contributed by atoms with Crippen molar-refractivity contribution in [3.8, 4) is 0 Å². The Labute approximate surface area is 169 Å². The Morgan fingerprint density at radius 3 is 2.97 bits per heavy atom. The van der Waals surface area contributed by atoms with Crippen LogP contribution in [0, 0.1) is 0 Å². The van der Waals surface area contributed by atoms with E-state index in [1.54, 1.807) is 23.3 Å². The lowest BCUT2D eigenvalue weighted by atomic mass is 10.0. The molecule has 2 aromatic heterocycles. The second-order valence-corrected chi connectivity index (χ2v) is 7.17. The van der Waals surface area contributed by atoms with E-state index >= 15 is 0 Å². The maximum atomic E-state index is 12.8. The SMILES string of the molecule is O=C(Cn1ccnc1)N1CCCCC1c1nc(CCOCc2ccccc2)no1. The average molecular weight is 395 g/mol. The maximum Gasteiger partial charge on any atom is 0.249 e. The van der Waals surface area contributed by atoms with Crippen molar-refractivity contribution >= 4 is 5.91 Å². The Morgan fingerprint density at radius 2 is 2.14 bits per heavy atom. The summed E-state index contributed by atoms with van der Waals surface area (Å²) < 4.78 is 13.0. The highest BCUT2D eigenvalue weighted by Crippen LogP contribution is 2.30. The van der Waals surface area contributed by atoms with Gasteiger partial charge in [-0.3, -0.25) is 4.79 Å². The predicted molar refractivity (Wildman–Crippen MR) is 105 cm³/mol. The number of amides is 1. The van der Waals surface area contributed by atoms with E-state index in [1.807, 2.05) is 35.2 Å². The number of rotatable bonds is 8. The van der Waals surface area contributed by atoms with Crippen LogP contribution in [0.25, 0.3) is 0 Å². The van der Waals surface area contributed by atoms with Gasteiger partial charge in [0.2, 0.25) is 11.8 Å². The molecule has 8 heteroatoms. The molecule has 0 N–H and O–H groups in total. The molecule has 1 aromatic carbocycles. The number of hydrogen-bond donors (Lipinski definition) is 0. The minimum absolute atomic E-state index is 0.0404. The maximum absolute atomic E-state index is 12.8. The summed E-state index contributed by atoms with van der Waals surface area (Å²) in [6, 6.07) is 9.88. The highest BCUT2D eigenvalue weighted by Gasteiger charge is 2.32. The minimum Gasteiger partial charge on any atom is -0.376 e. The van der Waals surface area contributed by atoms with E-state index in [4.69, 9.17) is 9.26 Å². The number of nitrogens with zero attached hydrogens (tertiary/aromatic N) is 5. The fourth-order valence-electron chi connectivity index (χ4n) is 3.55. The van der Waals surface area contributed by atoms with Crippen LogP contribution in [0.1, 0.15) is 42.6 Å². The number of hydrogen-bond acceptors (Lipinski definition) is 6. The summed E-state index contributed by atoms with van der Waals surface area (Å²) in [5, 5.41) is 4.09. The highest BCUT2D eigenvalue weighted by molar-refractivity contribution is 5.76. The lowest BCUT2D eigenvalue weighted by molar-refractivity contribution is -0.136. The van der Waals surface area contributed by atoms with Crippen molar-refractivity contribution in [3.05, 3.63) is 66.3 Å². The molecule has 152 valence electrons. The van der Waals surface area contributed by atoms with Gasteiger partial charge >= 0.3 is 0 Å². The van der Waals surface area contributed by atoms with Gasteiger partial charge in [0.25, 0.3) is 0 Å². The summed E-state index contributed by atoms with van der Waals surface area (Å²) in [5.41, 5.74) is 1.13. The van der Waals surface area contributed by atoms with Crippen molar-refractivity contribution in [2.24, 2.45) is 0 Å². The van der Waals surface area contributed by atoms with Crippen LogP contribution in [-0.2, 0) is 29.1 Å². The molecule has 29 heavy (non-hydrogen) atoms. The zero-order valence-electron chi connectivity index (χ0n) is 16.3. The molecule has 0 spiro atoms. The molecular weight excluding hydrogens is 370 g/mol. The lowest BCUT2D eigenvalue weighted by Crippen LogP contribution is -2.40. The summed E-state index contributed by atoms with van der Waals surface area (Å²) >= 11 is 0. The van der Waals surface area contributed by atoms with E-state index < -0.39 is 0 Å². The van der Waals surface area contributed by atoms with Crippen LogP contribution < -0.4 is 0 Å². The third kappa shape index (κ3) is 5.08. The normalized spacial score (nSPS) is 16.8. The van der Waals surface area contributed by atoms with Gasteiger partial charge in [0, 0.05) is 25.4 Å². The smallest absolute Gasteiger partial charge is 0.249 e. The van der Waals surface area contributed by atoms with Crippen molar-refractivity contribution in [1.82, 2.24) is 24.6 Å². The number of aromatic nitrogens is 4. The Balaban J connectivity index is 1.32. The van der Waals surface area contributed by atoms with Gasteiger partial charge in [-0.25, -0.2) is 4.98 Å². The van der Waals surface area contributed by atoms with Crippen molar-refractivity contribution in [2.45, 2.75) is 44.9 Å². The molecule has 3 aromatic rings. The topological polar surface area (TPSA) is 86.3 Å². The molecule has 1 unspecified atom stereocenters. The Hall–Kier alpha value is -3.00. The van der Waals surface area contributed by atoms with E-state index in [0.717, 1.165) is 24.8 Å². The van der Waals surface area contributed by atoms with Gasteiger partial charge in [0.15, 0.2) is 5.82 Å². The van der Waals surface area contributed by atoms with Crippen LogP contribution in [0.3, 0.4) is 0 Å². The molecule has 1 saturated heterocycles. The van der Waals surface area contributed by atoms with Gasteiger partial charge in [-0.15, -0.1) is 0 Å². The first-order chi connectivity index (χ1) is 14.3. The quantitative estimate of drug-likeness (QED) is 0.545. The molecule has 4 rings (SSSR count). The van der Waals surface area contributed by atoms with Gasteiger partial charge in [0.1, 0.15) is 12.6 Å². The molecule has 0 aliphatic carbocycles. The highest BCUT2D eigenvalue weighted by atomic mass is 16.5. The van der Waals surface area contributed by atoms with Crippen molar-refractivity contribution < 1.29 is 14.1 Å². The number of benzene rings is 1. The third-order valence-corrected chi connectivity index (χ3v) is 5.05. The van der Waals surface area contributed by atoms with Crippen LogP contribution in [0.15, 0.2) is 53.6 Å². The minimum atomic E-state index is -0.161. The molecule has 0 radical (unpaired) electrons. The summed E-state index contributed by atoms with van der Waals surface area (Å²) in [6.07, 6.45) is 8.55. The standard InChI is InChI=1S/C21H25N5O3/c27-20(14-25-12-10-22-16-25)26-11-5-4-8-18(26)21-23-19(24-29-21)9-13-28-15-17-6-2-1-3-7-17/h1-3,6-7,10,12,16,18H,4-5,8-9,11,13-15H2. The van der Waals surface area contributed by atoms with Crippen molar-refractivity contribution in [1.29, 1.82) is 0 Å². The number of likely N-dealkylation sites (tertiary alicyclic amines) is 1. The van der Waals surface area contributed by atoms with Gasteiger partial charge < -0.3 is 18.7 Å². The number of carbonyl (C=O) groups excluding carboxylic acids is 1. The van der Waals surface area contributed by atoms with Gasteiger partial charge in [-0.05, 0) is 24.8 Å². The monoisotopic (exact) mass is 395 g/mol. The Bertz CT molecular complexity index is 894. The van der Waals surface area contributed by atoms with Gasteiger partial charge in [0.05, 0.1) is 19.5 Å². The molecule has 1 fully saturated rings. The number of piperidine rings is 1. The summed E-state index contributed by atoms with van der Waals surface area (Å²) in [5.74, 6) is 1.17. The van der Waals surface area contributed by atoms with Crippen LogP contribution in [-0.4, -0.2) is 43.7 Å². The molecule has 0 bridgehead atoms. The third-order valence-electron chi connectivity index (χ3n) is 5.05. The summed E-state index contributed by atoms with van der Waals surface area (Å²) in [6.45, 7) is 2.05. The van der Waals surface area contributed by atoms with Crippen LogP contribution in [0.4, 0.5) is 0 Å². The van der Waals surface area contributed by atoms with E-state index in [1.165, 1.54) is 0 Å². The summed E-state index contributed by atoms with van der Waals surface area (Å²) in [4.78, 5) is 23.2. The second-order valence-electron chi connectivity index (χ2n) is 7.17. The summed E-state index contributed by atoms with van der Waals surface area (Å²) in [7, 11) is 0. The van der Waals surface area contributed by atoms with Crippen molar-refractivity contribution in [2.75, 3.05) is 13.2 Å². The second kappa shape index (κ2) is 9.47. The fourth-order valence-corrected chi connectivity index (χ4v) is 3.55. The zero-order chi connectivity index (χ0) is 19.9. The Morgan fingerprint density at radius 1 is 1.24 bits per heavy atom. The van der Waals surface area contributed by atoms with Crippen LogP contribution in [0.2, 0.25) is 0 Å². The van der Waals surface area contributed by atoms with Gasteiger partial charge in [-0.1, -0.05) is 35.5 Å². The molecule has 3 heterocycles. The number of ether oxygens (including phenoxy) is 1. The largest absolute Gasteiger partial charge is 0.376 e. The first-order valence-corrected chi connectivity index (χ1v) is 9.99. The number of imidazole rings is 1. The van der Waals surface area contributed by atoms with Crippen LogP contribution in [0.5, 0.6) is 0 Å². The average Bonchev–Trinajstić information content (AvgIpc) is 3.44. The first-order valence-electron chi connectivity index (χ1n) is 9.99. The molecular formula is C21H25N5O3. The Kier molecular flexibility index (Phi) is 6.31. The lowest BCUT2D eigenvalue weighted by Gasteiger charge is -2.33. The van der Waals surface area contributed by atoms with Crippen molar-refractivity contribution in [3.63, 3.8) is 0 Å². The fraction of sp³-hybridized carbons (Fsp3) is 0.429. The van der Waals surface area contributed by atoms with E-state index in [2.05, 4.69) is 15.1 Å². The van der Waals surface area contributed by atoms with E-state index in [0.29, 0.717) is 37.9 Å². The molecule has 1 aliphatic heterocycles.